The van der Waals surface area contributed by atoms with Crippen LogP contribution in [0.25, 0.3) is 0 Å². The third-order valence-electron chi connectivity index (χ3n) is 7.83. The molecule has 35 heavy (non-hydrogen) atoms. The zero-order chi connectivity index (χ0) is 24.5. The molecule has 0 saturated carbocycles. The van der Waals surface area contributed by atoms with Crippen molar-refractivity contribution < 1.29 is 13.9 Å². The number of primary amides is 1. The number of nitrogens with two attached hydrogens (primary N) is 1. The SMILES string of the molecule is CO[C@H]1CCCc2c(NCC3C=CCC(F)C3)nc(N3C4=C(CCC3C)C(C(N)=O)=CCC4)nc21. The average Bonchev–Trinajstić information content (AvgIpc) is 2.86. The summed E-state index contributed by atoms with van der Waals surface area (Å²) in [7, 11) is 1.73. The molecular formula is C27H36FN5O2. The van der Waals surface area contributed by atoms with Crippen LogP contribution in [0, 0.1) is 5.92 Å². The summed E-state index contributed by atoms with van der Waals surface area (Å²) in [4.78, 5) is 24.5. The van der Waals surface area contributed by atoms with Gasteiger partial charge < -0.3 is 20.7 Å². The highest BCUT2D eigenvalue weighted by Gasteiger charge is 2.35. The lowest BCUT2D eigenvalue weighted by atomic mass is 9.85. The van der Waals surface area contributed by atoms with Crippen LogP contribution in [-0.2, 0) is 16.0 Å². The molecule has 1 aromatic heterocycles. The van der Waals surface area contributed by atoms with Gasteiger partial charge in [-0.1, -0.05) is 18.2 Å². The van der Waals surface area contributed by atoms with Crippen LogP contribution in [0.1, 0.15) is 75.7 Å². The van der Waals surface area contributed by atoms with E-state index in [4.69, 9.17) is 20.4 Å². The second-order valence-electron chi connectivity index (χ2n) is 10.2. The third kappa shape index (κ3) is 4.73. The highest BCUT2D eigenvalue weighted by Crippen LogP contribution is 2.41. The van der Waals surface area contributed by atoms with Crippen molar-refractivity contribution in [3.8, 4) is 0 Å². The smallest absolute Gasteiger partial charge is 0.248 e. The number of rotatable bonds is 6. The number of hydrogen-bond acceptors (Lipinski definition) is 6. The number of ether oxygens (including phenoxy) is 1. The normalized spacial score (nSPS) is 28.3. The van der Waals surface area contributed by atoms with Crippen molar-refractivity contribution in [2.24, 2.45) is 11.7 Å². The minimum absolute atomic E-state index is 0.0770. The molecule has 188 valence electrons. The topological polar surface area (TPSA) is 93.4 Å². The Morgan fingerprint density at radius 3 is 2.91 bits per heavy atom. The number of aromatic nitrogens is 2. The second kappa shape index (κ2) is 10.1. The van der Waals surface area contributed by atoms with E-state index in [0.717, 1.165) is 73.3 Å². The van der Waals surface area contributed by atoms with Crippen LogP contribution in [0.2, 0.25) is 0 Å². The van der Waals surface area contributed by atoms with Crippen molar-refractivity contribution in [3.05, 3.63) is 46.3 Å². The number of hydrogen-bond donors (Lipinski definition) is 2. The first-order valence-corrected chi connectivity index (χ1v) is 13.0. The molecule has 0 aromatic carbocycles. The highest BCUT2D eigenvalue weighted by molar-refractivity contribution is 5.97. The predicted molar refractivity (Wildman–Crippen MR) is 135 cm³/mol. The van der Waals surface area contributed by atoms with Gasteiger partial charge in [0.2, 0.25) is 11.9 Å². The van der Waals surface area contributed by atoms with Crippen molar-refractivity contribution >= 4 is 17.7 Å². The third-order valence-corrected chi connectivity index (χ3v) is 7.83. The van der Waals surface area contributed by atoms with Crippen molar-refractivity contribution in [3.63, 3.8) is 0 Å². The minimum atomic E-state index is -0.780. The van der Waals surface area contributed by atoms with Gasteiger partial charge >= 0.3 is 0 Å². The van der Waals surface area contributed by atoms with E-state index in [1.807, 2.05) is 12.2 Å². The number of methoxy groups -OCH3 is 1. The largest absolute Gasteiger partial charge is 0.375 e. The first kappa shape index (κ1) is 24.0. The fourth-order valence-electron chi connectivity index (χ4n) is 6.03. The summed E-state index contributed by atoms with van der Waals surface area (Å²) in [6.07, 6.45) is 12.4. The molecule has 5 rings (SSSR count). The summed E-state index contributed by atoms with van der Waals surface area (Å²) >= 11 is 0. The van der Waals surface area contributed by atoms with E-state index in [1.165, 1.54) is 0 Å². The summed E-state index contributed by atoms with van der Waals surface area (Å²) in [5.41, 5.74) is 10.5. The Kier molecular flexibility index (Phi) is 6.91. The Bertz CT molecular complexity index is 1080. The summed E-state index contributed by atoms with van der Waals surface area (Å²) in [6.45, 7) is 2.82. The second-order valence-corrected chi connectivity index (χ2v) is 10.2. The number of allylic oxidation sites excluding steroid dienone is 3. The van der Waals surface area contributed by atoms with Crippen molar-refractivity contribution in [1.29, 1.82) is 0 Å². The summed E-state index contributed by atoms with van der Waals surface area (Å²) in [5, 5.41) is 3.55. The molecule has 7 nitrogen and oxygen atoms in total. The van der Waals surface area contributed by atoms with Crippen LogP contribution >= 0.6 is 0 Å². The van der Waals surface area contributed by atoms with E-state index in [1.54, 1.807) is 7.11 Å². The monoisotopic (exact) mass is 481 g/mol. The molecule has 3 aliphatic carbocycles. The maximum absolute atomic E-state index is 14.0. The molecule has 3 unspecified atom stereocenters. The number of amides is 1. The lowest BCUT2D eigenvalue weighted by Gasteiger charge is -2.40. The van der Waals surface area contributed by atoms with Gasteiger partial charge in [0.05, 0.1) is 11.8 Å². The van der Waals surface area contributed by atoms with Crippen LogP contribution in [0.3, 0.4) is 0 Å². The molecule has 8 heteroatoms. The van der Waals surface area contributed by atoms with E-state index in [0.29, 0.717) is 30.9 Å². The molecule has 0 radical (unpaired) electrons. The van der Waals surface area contributed by atoms with Crippen LogP contribution in [0.4, 0.5) is 16.2 Å². The van der Waals surface area contributed by atoms with Crippen molar-refractivity contribution in [2.75, 3.05) is 23.9 Å². The van der Waals surface area contributed by atoms with Crippen molar-refractivity contribution in [1.82, 2.24) is 9.97 Å². The van der Waals surface area contributed by atoms with Crippen LogP contribution in [0.5, 0.6) is 0 Å². The summed E-state index contributed by atoms with van der Waals surface area (Å²) in [5.74, 6) is 1.23. The van der Waals surface area contributed by atoms with E-state index >= 15 is 0 Å². The predicted octanol–water partition coefficient (Wildman–Crippen LogP) is 4.66. The Morgan fingerprint density at radius 1 is 1.29 bits per heavy atom. The lowest BCUT2D eigenvalue weighted by Crippen LogP contribution is -2.40. The van der Waals surface area contributed by atoms with Crippen LogP contribution in [-0.4, -0.2) is 41.7 Å². The van der Waals surface area contributed by atoms with E-state index in [-0.39, 0.29) is 24.0 Å². The standard InChI is InChI=1S/C27H36FN5O2/c1-16-12-13-19-20(25(29)34)8-4-10-22(19)33(16)27-31-24-21(9-5-11-23(24)35-2)26(32-27)30-15-17-6-3-7-18(28)14-17/h3,6,8,16-18,23H,4-5,7,9-15H2,1-2H3,(H2,29,34)(H,30,31,32)/t16?,17?,18?,23-/m0/s1. The van der Waals surface area contributed by atoms with E-state index in [2.05, 4.69) is 23.2 Å². The van der Waals surface area contributed by atoms with Gasteiger partial charge in [0.15, 0.2) is 0 Å². The fourth-order valence-corrected chi connectivity index (χ4v) is 6.03. The Morgan fingerprint density at radius 2 is 2.14 bits per heavy atom. The number of halogens is 1. The molecule has 1 aliphatic heterocycles. The Hall–Kier alpha value is -2.74. The molecular weight excluding hydrogens is 445 g/mol. The summed E-state index contributed by atoms with van der Waals surface area (Å²) < 4.78 is 19.8. The average molecular weight is 482 g/mol. The number of alkyl halides is 1. The molecule has 0 bridgehead atoms. The number of carbonyl (C=O) groups excluding carboxylic acids is 1. The molecule has 2 heterocycles. The number of nitrogens with zero attached hydrogens (tertiary/aromatic N) is 3. The quantitative estimate of drug-likeness (QED) is 0.574. The molecule has 0 fully saturated rings. The zero-order valence-electron chi connectivity index (χ0n) is 20.7. The van der Waals surface area contributed by atoms with Crippen LogP contribution < -0.4 is 16.0 Å². The molecule has 1 aromatic rings. The summed E-state index contributed by atoms with van der Waals surface area (Å²) in [6, 6.07) is 0.199. The maximum atomic E-state index is 14.0. The fraction of sp³-hybridized carbons (Fsp3) is 0.593. The number of carbonyl (C=O) groups is 1. The van der Waals surface area contributed by atoms with E-state index in [9.17, 15) is 9.18 Å². The number of nitrogens with one attached hydrogen (secondary N) is 1. The molecule has 4 aliphatic rings. The lowest BCUT2D eigenvalue weighted by molar-refractivity contribution is -0.114. The number of fused-ring (bicyclic) bond motifs is 1. The van der Waals surface area contributed by atoms with Gasteiger partial charge in [-0.3, -0.25) is 4.79 Å². The first-order chi connectivity index (χ1) is 17.0. The van der Waals surface area contributed by atoms with E-state index < -0.39 is 6.17 Å². The van der Waals surface area contributed by atoms with Gasteiger partial charge in [0.1, 0.15) is 12.0 Å². The van der Waals surface area contributed by atoms with Gasteiger partial charge in [0.25, 0.3) is 0 Å². The molecule has 1 amide bonds. The molecule has 0 saturated heterocycles. The van der Waals surface area contributed by atoms with Crippen LogP contribution in [0.15, 0.2) is 35.1 Å². The zero-order valence-corrected chi connectivity index (χ0v) is 20.7. The van der Waals surface area contributed by atoms with Gasteiger partial charge in [-0.25, -0.2) is 9.37 Å². The maximum Gasteiger partial charge on any atom is 0.248 e. The molecule has 4 atom stereocenters. The van der Waals surface area contributed by atoms with Crippen molar-refractivity contribution in [2.45, 2.75) is 83.0 Å². The van der Waals surface area contributed by atoms with Gasteiger partial charge in [-0.05, 0) is 76.2 Å². The molecule has 3 N–H and O–H groups in total. The van der Waals surface area contributed by atoms with Gasteiger partial charge in [-0.2, -0.15) is 4.98 Å². The Balaban J connectivity index is 1.54. The van der Waals surface area contributed by atoms with Gasteiger partial charge in [-0.15, -0.1) is 0 Å². The highest BCUT2D eigenvalue weighted by atomic mass is 19.1. The Labute approximate surface area is 206 Å². The van der Waals surface area contributed by atoms with Gasteiger partial charge in [0, 0.05) is 36.5 Å². The number of anilines is 2. The first-order valence-electron chi connectivity index (χ1n) is 13.0. The minimum Gasteiger partial charge on any atom is -0.375 e. The molecule has 0 spiro atoms.